The van der Waals surface area contributed by atoms with Gasteiger partial charge in [-0.2, -0.15) is 0 Å². The Morgan fingerprint density at radius 1 is 1.21 bits per heavy atom. The zero-order valence-corrected chi connectivity index (χ0v) is 11.8. The van der Waals surface area contributed by atoms with Crippen LogP contribution in [0, 0.1) is 11.8 Å². The number of nitrogens with two attached hydrogens (primary N) is 1. The minimum Gasteiger partial charge on any atom is -0.321 e. The Labute approximate surface area is 115 Å². The molecule has 19 heavy (non-hydrogen) atoms. The number of hydrogen-bond donors (Lipinski definition) is 1. The Bertz CT molecular complexity index is 587. The monoisotopic (exact) mass is 254 g/mol. The van der Waals surface area contributed by atoms with Gasteiger partial charge in [0.25, 0.3) is 0 Å². The van der Waals surface area contributed by atoms with Gasteiger partial charge in [-0.3, -0.25) is 4.98 Å². The van der Waals surface area contributed by atoms with Gasteiger partial charge in [0.2, 0.25) is 0 Å². The van der Waals surface area contributed by atoms with Crippen LogP contribution in [0.2, 0.25) is 0 Å². The maximum atomic E-state index is 6.85. The van der Waals surface area contributed by atoms with E-state index in [-0.39, 0.29) is 5.54 Å². The number of hydrogen-bond acceptors (Lipinski definition) is 2. The maximum absolute atomic E-state index is 6.85. The molecule has 0 spiro atoms. The first-order valence-corrected chi connectivity index (χ1v) is 7.26. The summed E-state index contributed by atoms with van der Waals surface area (Å²) < 4.78 is 0. The number of nitrogens with zero attached hydrogens (tertiary/aromatic N) is 1. The SMILES string of the molecule is CC1CCCC(N)(c2cccc3ncccc23)C1C. The summed E-state index contributed by atoms with van der Waals surface area (Å²) in [7, 11) is 0. The Hall–Kier alpha value is -1.41. The average molecular weight is 254 g/mol. The minimum absolute atomic E-state index is 0.208. The highest BCUT2D eigenvalue weighted by molar-refractivity contribution is 5.83. The number of fused-ring (bicyclic) bond motifs is 1. The molecule has 2 nitrogen and oxygen atoms in total. The van der Waals surface area contributed by atoms with Gasteiger partial charge in [-0.1, -0.05) is 44.9 Å². The molecule has 100 valence electrons. The molecule has 0 saturated heterocycles. The first kappa shape index (κ1) is 12.6. The van der Waals surface area contributed by atoms with Crippen molar-refractivity contribution >= 4 is 10.9 Å². The van der Waals surface area contributed by atoms with Crippen LogP contribution >= 0.6 is 0 Å². The number of rotatable bonds is 1. The van der Waals surface area contributed by atoms with Gasteiger partial charge in [0.15, 0.2) is 0 Å². The number of benzene rings is 1. The molecular formula is C17H22N2. The van der Waals surface area contributed by atoms with Gasteiger partial charge in [0, 0.05) is 17.1 Å². The predicted octanol–water partition coefficient (Wildman–Crippen LogP) is 3.84. The smallest absolute Gasteiger partial charge is 0.0705 e. The lowest BCUT2D eigenvalue weighted by atomic mass is 9.65. The summed E-state index contributed by atoms with van der Waals surface area (Å²) in [5, 5.41) is 1.22. The molecule has 2 N–H and O–H groups in total. The van der Waals surface area contributed by atoms with Crippen LogP contribution in [0.15, 0.2) is 36.5 Å². The largest absolute Gasteiger partial charge is 0.321 e. The molecule has 2 heteroatoms. The van der Waals surface area contributed by atoms with Crippen molar-refractivity contribution < 1.29 is 0 Å². The number of pyridine rings is 1. The van der Waals surface area contributed by atoms with Gasteiger partial charge in [-0.15, -0.1) is 0 Å². The Balaban J connectivity index is 2.18. The second-order valence-corrected chi connectivity index (χ2v) is 6.07. The molecule has 1 aromatic heterocycles. The van der Waals surface area contributed by atoms with E-state index in [0.29, 0.717) is 11.8 Å². The molecule has 1 saturated carbocycles. The van der Waals surface area contributed by atoms with Crippen molar-refractivity contribution in [3.63, 3.8) is 0 Å². The third kappa shape index (κ3) is 1.95. The van der Waals surface area contributed by atoms with Crippen LogP contribution in [0.5, 0.6) is 0 Å². The van der Waals surface area contributed by atoms with Crippen molar-refractivity contribution in [3.05, 3.63) is 42.1 Å². The molecule has 1 heterocycles. The minimum atomic E-state index is -0.208. The van der Waals surface area contributed by atoms with Crippen LogP contribution < -0.4 is 5.73 Å². The van der Waals surface area contributed by atoms with E-state index in [1.165, 1.54) is 23.8 Å². The lowest BCUT2D eigenvalue weighted by Crippen LogP contribution is -2.48. The summed E-state index contributed by atoms with van der Waals surface area (Å²) in [6.45, 7) is 4.63. The lowest BCUT2D eigenvalue weighted by molar-refractivity contribution is 0.145. The second kappa shape index (κ2) is 4.61. The van der Waals surface area contributed by atoms with E-state index >= 15 is 0 Å². The molecule has 3 atom stereocenters. The van der Waals surface area contributed by atoms with Crippen LogP contribution in [-0.2, 0) is 5.54 Å². The highest BCUT2D eigenvalue weighted by atomic mass is 14.8. The quantitative estimate of drug-likeness (QED) is 0.839. The highest BCUT2D eigenvalue weighted by Crippen LogP contribution is 2.44. The van der Waals surface area contributed by atoms with E-state index in [0.717, 1.165) is 11.9 Å². The Morgan fingerprint density at radius 3 is 2.89 bits per heavy atom. The third-order valence-corrected chi connectivity index (χ3v) is 5.06. The molecule has 1 aliphatic rings. The van der Waals surface area contributed by atoms with Crippen LogP contribution in [0.4, 0.5) is 0 Å². The van der Waals surface area contributed by atoms with Gasteiger partial charge in [0.1, 0.15) is 0 Å². The van der Waals surface area contributed by atoms with Crippen molar-refractivity contribution in [2.24, 2.45) is 17.6 Å². The molecule has 0 amide bonds. The zero-order chi connectivity index (χ0) is 13.5. The molecule has 2 aromatic rings. The van der Waals surface area contributed by atoms with Crippen molar-refractivity contribution in [1.29, 1.82) is 0 Å². The van der Waals surface area contributed by atoms with Crippen LogP contribution in [0.3, 0.4) is 0 Å². The molecule has 1 aliphatic carbocycles. The zero-order valence-electron chi connectivity index (χ0n) is 11.8. The Morgan fingerprint density at radius 2 is 2.05 bits per heavy atom. The molecular weight excluding hydrogens is 232 g/mol. The first-order chi connectivity index (χ1) is 9.13. The summed E-state index contributed by atoms with van der Waals surface area (Å²) in [5.41, 5.74) is 8.97. The standard InChI is InChI=1S/C17H22N2/c1-12-6-4-10-17(18,13(12)2)15-8-3-9-16-14(15)7-5-11-19-16/h3,5,7-9,11-13H,4,6,10,18H2,1-2H3. The van der Waals surface area contributed by atoms with Gasteiger partial charge < -0.3 is 5.73 Å². The fraction of sp³-hybridized carbons (Fsp3) is 0.471. The van der Waals surface area contributed by atoms with Crippen LogP contribution in [-0.4, -0.2) is 4.98 Å². The van der Waals surface area contributed by atoms with E-state index in [1.54, 1.807) is 0 Å². The van der Waals surface area contributed by atoms with Crippen molar-refractivity contribution in [3.8, 4) is 0 Å². The fourth-order valence-corrected chi connectivity index (χ4v) is 3.59. The molecule has 3 unspecified atom stereocenters. The third-order valence-electron chi connectivity index (χ3n) is 5.06. The molecule has 1 aromatic carbocycles. The van der Waals surface area contributed by atoms with Gasteiger partial charge in [-0.25, -0.2) is 0 Å². The topological polar surface area (TPSA) is 38.9 Å². The lowest BCUT2D eigenvalue weighted by Gasteiger charge is -2.44. The van der Waals surface area contributed by atoms with Gasteiger partial charge in [-0.05, 0) is 36.0 Å². The molecule has 0 aliphatic heterocycles. The summed E-state index contributed by atoms with van der Waals surface area (Å²) in [4.78, 5) is 4.46. The van der Waals surface area contributed by atoms with E-state index in [2.05, 4.69) is 43.1 Å². The van der Waals surface area contributed by atoms with Crippen molar-refractivity contribution in [1.82, 2.24) is 4.98 Å². The van der Waals surface area contributed by atoms with E-state index < -0.39 is 0 Å². The summed E-state index contributed by atoms with van der Waals surface area (Å²) >= 11 is 0. The average Bonchev–Trinajstić information content (AvgIpc) is 2.44. The molecule has 1 fully saturated rings. The normalized spacial score (nSPS) is 31.5. The summed E-state index contributed by atoms with van der Waals surface area (Å²) in [6.07, 6.45) is 5.44. The Kier molecular flexibility index (Phi) is 3.06. The van der Waals surface area contributed by atoms with Crippen LogP contribution in [0.1, 0.15) is 38.7 Å². The van der Waals surface area contributed by atoms with Crippen molar-refractivity contribution in [2.75, 3.05) is 0 Å². The summed E-state index contributed by atoms with van der Waals surface area (Å²) in [6, 6.07) is 10.5. The number of aromatic nitrogens is 1. The van der Waals surface area contributed by atoms with Crippen LogP contribution in [0.25, 0.3) is 10.9 Å². The summed E-state index contributed by atoms with van der Waals surface area (Å²) in [5.74, 6) is 1.19. The fourth-order valence-electron chi connectivity index (χ4n) is 3.59. The second-order valence-electron chi connectivity index (χ2n) is 6.07. The molecule has 0 radical (unpaired) electrons. The molecule has 3 rings (SSSR count). The predicted molar refractivity (Wildman–Crippen MR) is 79.8 cm³/mol. The first-order valence-electron chi connectivity index (χ1n) is 7.26. The maximum Gasteiger partial charge on any atom is 0.0705 e. The van der Waals surface area contributed by atoms with E-state index in [4.69, 9.17) is 5.73 Å². The van der Waals surface area contributed by atoms with Crippen molar-refractivity contribution in [2.45, 2.75) is 38.6 Å². The van der Waals surface area contributed by atoms with Gasteiger partial charge >= 0.3 is 0 Å². The van der Waals surface area contributed by atoms with E-state index in [1.807, 2.05) is 12.3 Å². The highest BCUT2D eigenvalue weighted by Gasteiger charge is 2.40. The molecule has 0 bridgehead atoms. The van der Waals surface area contributed by atoms with Gasteiger partial charge in [0.05, 0.1) is 5.52 Å². The van der Waals surface area contributed by atoms with E-state index in [9.17, 15) is 0 Å².